The number of nitrogens with one attached hydrogen (secondary N) is 1. The second kappa shape index (κ2) is 7.36. The molecular formula is C19H18N2O2S. The van der Waals surface area contributed by atoms with Gasteiger partial charge in [0.1, 0.15) is 5.75 Å². The molecule has 122 valence electrons. The number of rotatable bonds is 4. The number of methoxy groups -OCH3 is 1. The molecule has 0 unspecified atom stereocenters. The van der Waals surface area contributed by atoms with Crippen LogP contribution in [0.5, 0.6) is 5.75 Å². The molecule has 4 nitrogen and oxygen atoms in total. The third kappa shape index (κ3) is 3.86. The highest BCUT2D eigenvalue weighted by molar-refractivity contribution is 8.18. The Kier molecular flexibility index (Phi) is 5.01. The van der Waals surface area contributed by atoms with Crippen molar-refractivity contribution in [2.75, 3.05) is 7.11 Å². The van der Waals surface area contributed by atoms with Gasteiger partial charge in [-0.15, -0.1) is 0 Å². The zero-order valence-corrected chi connectivity index (χ0v) is 14.4. The molecule has 1 amide bonds. The second-order valence-corrected chi connectivity index (χ2v) is 6.31. The smallest absolute Gasteiger partial charge is 0.264 e. The fourth-order valence-corrected chi connectivity index (χ4v) is 3.10. The first kappa shape index (κ1) is 16.3. The van der Waals surface area contributed by atoms with Gasteiger partial charge in [-0.2, -0.15) is 0 Å². The van der Waals surface area contributed by atoms with E-state index in [1.54, 1.807) is 7.11 Å². The maximum atomic E-state index is 12.1. The standard InChI is InChI=1S/C19H18N2O2S/c1-3-13-4-8-15(9-5-13)20-19-21-18(22)17(24-19)12-14-6-10-16(23-2)11-7-14/h4-12H,3H2,1-2H3,(H,20,21,22)/b17-12-. The molecule has 0 saturated carbocycles. The summed E-state index contributed by atoms with van der Waals surface area (Å²) < 4.78 is 5.14. The number of benzene rings is 2. The van der Waals surface area contributed by atoms with E-state index in [0.717, 1.165) is 23.4 Å². The molecule has 1 aliphatic rings. The number of nitrogens with zero attached hydrogens (tertiary/aromatic N) is 1. The van der Waals surface area contributed by atoms with Crippen LogP contribution in [0, 0.1) is 0 Å². The molecule has 1 aliphatic heterocycles. The van der Waals surface area contributed by atoms with Crippen LogP contribution in [0.15, 0.2) is 58.4 Å². The first-order valence-electron chi connectivity index (χ1n) is 7.70. The molecule has 0 aliphatic carbocycles. The minimum atomic E-state index is -0.125. The SMILES string of the molecule is CCc1ccc(N=C2NC(=O)/C(=C/c3ccc(OC)cc3)S2)cc1. The highest BCUT2D eigenvalue weighted by Gasteiger charge is 2.23. The second-order valence-electron chi connectivity index (χ2n) is 5.27. The number of hydrogen-bond acceptors (Lipinski definition) is 4. The van der Waals surface area contributed by atoms with Crippen molar-refractivity contribution in [3.63, 3.8) is 0 Å². The van der Waals surface area contributed by atoms with Crippen LogP contribution in [0.2, 0.25) is 0 Å². The predicted octanol–water partition coefficient (Wildman–Crippen LogP) is 4.15. The number of hydrogen-bond donors (Lipinski definition) is 1. The van der Waals surface area contributed by atoms with Crippen LogP contribution in [0.4, 0.5) is 5.69 Å². The van der Waals surface area contributed by atoms with Crippen LogP contribution in [0.3, 0.4) is 0 Å². The van der Waals surface area contributed by atoms with E-state index in [9.17, 15) is 4.79 Å². The van der Waals surface area contributed by atoms with E-state index in [0.29, 0.717) is 10.1 Å². The molecule has 0 aromatic heterocycles. The topological polar surface area (TPSA) is 50.7 Å². The van der Waals surface area contributed by atoms with Crippen molar-refractivity contribution < 1.29 is 9.53 Å². The van der Waals surface area contributed by atoms with Gasteiger partial charge in [-0.3, -0.25) is 4.79 Å². The lowest BCUT2D eigenvalue weighted by molar-refractivity contribution is -0.115. The molecule has 0 atom stereocenters. The Labute approximate surface area is 145 Å². The summed E-state index contributed by atoms with van der Waals surface area (Å²) >= 11 is 1.35. The lowest BCUT2D eigenvalue weighted by atomic mass is 10.2. The summed E-state index contributed by atoms with van der Waals surface area (Å²) in [6.45, 7) is 2.12. The van der Waals surface area contributed by atoms with E-state index in [-0.39, 0.29) is 5.91 Å². The Bertz CT molecular complexity index is 793. The van der Waals surface area contributed by atoms with Crippen molar-refractivity contribution in [3.05, 3.63) is 64.6 Å². The van der Waals surface area contributed by atoms with Crippen LogP contribution in [0.1, 0.15) is 18.1 Å². The molecule has 1 fully saturated rings. The van der Waals surface area contributed by atoms with Gasteiger partial charge in [0.2, 0.25) is 0 Å². The zero-order valence-electron chi connectivity index (χ0n) is 13.6. The van der Waals surface area contributed by atoms with Crippen molar-refractivity contribution in [1.29, 1.82) is 0 Å². The fraction of sp³-hybridized carbons (Fsp3) is 0.158. The van der Waals surface area contributed by atoms with Crippen molar-refractivity contribution >= 4 is 34.6 Å². The lowest BCUT2D eigenvalue weighted by Crippen LogP contribution is -2.19. The van der Waals surface area contributed by atoms with Crippen molar-refractivity contribution in [2.45, 2.75) is 13.3 Å². The molecule has 2 aromatic carbocycles. The highest BCUT2D eigenvalue weighted by Crippen LogP contribution is 2.28. The first-order chi connectivity index (χ1) is 11.7. The van der Waals surface area contributed by atoms with E-state index >= 15 is 0 Å². The Hall–Kier alpha value is -2.53. The summed E-state index contributed by atoms with van der Waals surface area (Å²) in [5.41, 5.74) is 3.05. The van der Waals surface area contributed by atoms with E-state index in [1.165, 1.54) is 17.3 Å². The molecule has 1 heterocycles. The zero-order chi connectivity index (χ0) is 16.9. The van der Waals surface area contributed by atoms with Gasteiger partial charge in [0, 0.05) is 0 Å². The van der Waals surface area contributed by atoms with Crippen LogP contribution < -0.4 is 10.1 Å². The van der Waals surface area contributed by atoms with Crippen LogP contribution in [-0.4, -0.2) is 18.2 Å². The summed E-state index contributed by atoms with van der Waals surface area (Å²) in [6, 6.07) is 15.6. The van der Waals surface area contributed by atoms with Gasteiger partial charge in [-0.05, 0) is 59.7 Å². The molecule has 3 rings (SSSR count). The van der Waals surface area contributed by atoms with Gasteiger partial charge in [-0.25, -0.2) is 4.99 Å². The van der Waals surface area contributed by atoms with Gasteiger partial charge in [0.05, 0.1) is 17.7 Å². The normalized spacial score (nSPS) is 17.3. The monoisotopic (exact) mass is 338 g/mol. The van der Waals surface area contributed by atoms with Crippen molar-refractivity contribution in [1.82, 2.24) is 5.32 Å². The lowest BCUT2D eigenvalue weighted by Gasteiger charge is -1.99. The third-order valence-corrected chi connectivity index (χ3v) is 4.55. The molecule has 2 aromatic rings. The minimum Gasteiger partial charge on any atom is -0.497 e. The van der Waals surface area contributed by atoms with E-state index in [4.69, 9.17) is 4.74 Å². The molecule has 1 saturated heterocycles. The largest absolute Gasteiger partial charge is 0.497 e. The van der Waals surface area contributed by atoms with Crippen LogP contribution in [-0.2, 0) is 11.2 Å². The number of amidine groups is 1. The number of amides is 1. The number of carbonyl (C=O) groups is 1. The maximum absolute atomic E-state index is 12.1. The Balaban J connectivity index is 1.76. The Morgan fingerprint density at radius 2 is 1.83 bits per heavy atom. The number of ether oxygens (including phenoxy) is 1. The number of aryl methyl sites for hydroxylation is 1. The summed E-state index contributed by atoms with van der Waals surface area (Å²) in [6.07, 6.45) is 2.85. The Morgan fingerprint density at radius 1 is 1.12 bits per heavy atom. The third-order valence-electron chi connectivity index (χ3n) is 3.64. The van der Waals surface area contributed by atoms with Gasteiger partial charge in [0.25, 0.3) is 5.91 Å². The molecule has 1 N–H and O–H groups in total. The molecular weight excluding hydrogens is 320 g/mol. The van der Waals surface area contributed by atoms with Crippen molar-refractivity contribution in [3.8, 4) is 5.75 Å². The predicted molar refractivity (Wildman–Crippen MR) is 99.6 cm³/mol. The quantitative estimate of drug-likeness (QED) is 0.852. The molecule has 0 bridgehead atoms. The van der Waals surface area contributed by atoms with Crippen LogP contribution >= 0.6 is 11.8 Å². The van der Waals surface area contributed by atoms with E-state index < -0.39 is 0 Å². The molecule has 0 radical (unpaired) electrons. The Morgan fingerprint density at radius 3 is 2.46 bits per heavy atom. The van der Waals surface area contributed by atoms with Crippen LogP contribution in [0.25, 0.3) is 6.08 Å². The first-order valence-corrected chi connectivity index (χ1v) is 8.52. The van der Waals surface area contributed by atoms with E-state index in [1.807, 2.05) is 42.5 Å². The van der Waals surface area contributed by atoms with Gasteiger partial charge in [-0.1, -0.05) is 31.2 Å². The number of thioether (sulfide) groups is 1. The van der Waals surface area contributed by atoms with E-state index in [2.05, 4.69) is 29.4 Å². The van der Waals surface area contributed by atoms with Gasteiger partial charge < -0.3 is 10.1 Å². The van der Waals surface area contributed by atoms with Crippen molar-refractivity contribution in [2.24, 2.45) is 4.99 Å². The number of carbonyl (C=O) groups excluding carboxylic acids is 1. The minimum absolute atomic E-state index is 0.125. The van der Waals surface area contributed by atoms with Gasteiger partial charge in [0.15, 0.2) is 5.17 Å². The average molecular weight is 338 g/mol. The summed E-state index contributed by atoms with van der Waals surface area (Å²) in [5.74, 6) is 0.665. The maximum Gasteiger partial charge on any atom is 0.264 e. The molecule has 24 heavy (non-hydrogen) atoms. The number of aliphatic imine (C=N–C) groups is 1. The summed E-state index contributed by atoms with van der Waals surface area (Å²) in [4.78, 5) is 17.2. The summed E-state index contributed by atoms with van der Waals surface area (Å²) in [7, 11) is 1.63. The average Bonchev–Trinajstić information content (AvgIpc) is 2.95. The van der Waals surface area contributed by atoms with Gasteiger partial charge >= 0.3 is 0 Å². The summed E-state index contributed by atoms with van der Waals surface area (Å²) in [5, 5.41) is 3.41. The fourth-order valence-electron chi connectivity index (χ4n) is 2.26. The molecule has 5 heteroatoms. The molecule has 0 spiro atoms. The highest BCUT2D eigenvalue weighted by atomic mass is 32.2.